The summed E-state index contributed by atoms with van der Waals surface area (Å²) in [5, 5.41) is 12.7. The second kappa shape index (κ2) is 6.78. The first-order valence-corrected chi connectivity index (χ1v) is 9.90. The van der Waals surface area contributed by atoms with Gasteiger partial charge >= 0.3 is 0 Å². The Bertz CT molecular complexity index is 819. The zero-order valence-corrected chi connectivity index (χ0v) is 15.9. The van der Waals surface area contributed by atoms with Crippen LogP contribution in [-0.2, 0) is 4.79 Å². The smallest absolute Gasteiger partial charge is 0.238 e. The summed E-state index contributed by atoms with van der Waals surface area (Å²) in [7, 11) is 0. The fraction of sp³-hybridized carbons (Fsp3) is 0.500. The standard InChI is InChI=1S/C16H17Cl2N5OS/c1-8(15(24)20-13-12(18)6-10(17)7-19-13)25-16-22-21-14(9-2-3-9)23(16)11-4-5-11/h6-9,11H,2-5H2,1H3,(H,19,20,24). The minimum Gasteiger partial charge on any atom is -0.308 e. The van der Waals surface area contributed by atoms with Gasteiger partial charge < -0.3 is 9.88 Å². The molecule has 1 N–H and O–H groups in total. The molecule has 1 atom stereocenters. The van der Waals surface area contributed by atoms with Crippen LogP contribution in [0, 0.1) is 0 Å². The van der Waals surface area contributed by atoms with Crippen molar-refractivity contribution >= 4 is 46.7 Å². The Labute approximate surface area is 159 Å². The number of aromatic nitrogens is 4. The van der Waals surface area contributed by atoms with Gasteiger partial charge in [0.1, 0.15) is 5.82 Å². The molecule has 0 aliphatic heterocycles. The number of pyridine rings is 1. The Kier molecular flexibility index (Phi) is 4.64. The molecule has 0 aromatic carbocycles. The molecule has 25 heavy (non-hydrogen) atoms. The molecule has 0 spiro atoms. The molecule has 2 heterocycles. The lowest BCUT2D eigenvalue weighted by Gasteiger charge is -2.13. The van der Waals surface area contributed by atoms with Crippen LogP contribution in [0.4, 0.5) is 5.82 Å². The maximum atomic E-state index is 12.5. The number of hydrogen-bond acceptors (Lipinski definition) is 5. The van der Waals surface area contributed by atoms with E-state index in [1.165, 1.54) is 30.8 Å². The molecule has 2 saturated carbocycles. The summed E-state index contributed by atoms with van der Waals surface area (Å²) in [5.74, 6) is 1.76. The van der Waals surface area contributed by atoms with E-state index in [0.29, 0.717) is 27.8 Å². The first-order chi connectivity index (χ1) is 12.0. The van der Waals surface area contributed by atoms with E-state index in [2.05, 4.69) is 25.1 Å². The summed E-state index contributed by atoms with van der Waals surface area (Å²) in [6.07, 6.45) is 6.15. The Morgan fingerprint density at radius 1 is 1.32 bits per heavy atom. The summed E-state index contributed by atoms with van der Waals surface area (Å²) in [4.78, 5) is 16.5. The number of nitrogens with one attached hydrogen (secondary N) is 1. The van der Waals surface area contributed by atoms with E-state index in [4.69, 9.17) is 23.2 Å². The van der Waals surface area contributed by atoms with Crippen LogP contribution in [0.15, 0.2) is 17.4 Å². The highest BCUT2D eigenvalue weighted by Crippen LogP contribution is 2.46. The van der Waals surface area contributed by atoms with Gasteiger partial charge in [0.15, 0.2) is 11.0 Å². The minimum atomic E-state index is -0.345. The van der Waals surface area contributed by atoms with Crippen LogP contribution in [-0.4, -0.2) is 30.9 Å². The Hall–Kier alpha value is -1.31. The SMILES string of the molecule is CC(Sc1nnc(C2CC2)n1C1CC1)C(=O)Nc1ncc(Cl)cc1Cl. The molecule has 2 aliphatic carbocycles. The largest absolute Gasteiger partial charge is 0.308 e. The third-order valence-electron chi connectivity index (χ3n) is 4.25. The molecule has 0 bridgehead atoms. The van der Waals surface area contributed by atoms with Crippen molar-refractivity contribution in [3.8, 4) is 0 Å². The third kappa shape index (κ3) is 3.78. The molecule has 4 rings (SSSR count). The number of amides is 1. The summed E-state index contributed by atoms with van der Waals surface area (Å²) in [5.41, 5.74) is 0. The molecule has 2 fully saturated rings. The molecule has 0 saturated heterocycles. The van der Waals surface area contributed by atoms with Crippen LogP contribution in [0.3, 0.4) is 0 Å². The molecule has 1 unspecified atom stereocenters. The molecule has 6 nitrogen and oxygen atoms in total. The van der Waals surface area contributed by atoms with Crippen molar-refractivity contribution in [3.63, 3.8) is 0 Å². The Morgan fingerprint density at radius 3 is 2.72 bits per heavy atom. The van der Waals surface area contributed by atoms with E-state index in [1.807, 2.05) is 6.92 Å². The molecule has 2 aromatic heterocycles. The number of thioether (sulfide) groups is 1. The van der Waals surface area contributed by atoms with Gasteiger partial charge in [-0.1, -0.05) is 35.0 Å². The van der Waals surface area contributed by atoms with Gasteiger partial charge in [0.05, 0.1) is 15.3 Å². The van der Waals surface area contributed by atoms with Crippen LogP contribution in [0.1, 0.15) is 50.4 Å². The summed E-state index contributed by atoms with van der Waals surface area (Å²) in [6, 6.07) is 2.05. The zero-order valence-electron chi connectivity index (χ0n) is 13.6. The highest BCUT2D eigenvalue weighted by Gasteiger charge is 2.37. The van der Waals surface area contributed by atoms with Crippen molar-refractivity contribution in [2.75, 3.05) is 5.32 Å². The maximum Gasteiger partial charge on any atom is 0.238 e. The topological polar surface area (TPSA) is 72.7 Å². The number of carbonyl (C=O) groups excluding carboxylic acids is 1. The highest BCUT2D eigenvalue weighted by molar-refractivity contribution is 8.00. The molecule has 132 valence electrons. The lowest BCUT2D eigenvalue weighted by molar-refractivity contribution is -0.115. The first-order valence-electron chi connectivity index (χ1n) is 8.26. The third-order valence-corrected chi connectivity index (χ3v) is 5.80. The van der Waals surface area contributed by atoms with Crippen LogP contribution >= 0.6 is 35.0 Å². The van der Waals surface area contributed by atoms with E-state index in [9.17, 15) is 4.79 Å². The second-order valence-corrected chi connectivity index (χ2v) is 8.60. The van der Waals surface area contributed by atoms with E-state index < -0.39 is 0 Å². The zero-order chi connectivity index (χ0) is 17.6. The van der Waals surface area contributed by atoms with E-state index in [-0.39, 0.29) is 11.2 Å². The van der Waals surface area contributed by atoms with Crippen molar-refractivity contribution in [3.05, 3.63) is 28.1 Å². The van der Waals surface area contributed by atoms with Gasteiger partial charge in [-0.05, 0) is 38.7 Å². The molecule has 0 radical (unpaired) electrons. The van der Waals surface area contributed by atoms with Gasteiger partial charge in [-0.25, -0.2) is 4.98 Å². The van der Waals surface area contributed by atoms with Crippen molar-refractivity contribution in [2.24, 2.45) is 0 Å². The predicted molar refractivity (Wildman–Crippen MR) is 98.5 cm³/mol. The van der Waals surface area contributed by atoms with Crippen LogP contribution in [0.5, 0.6) is 0 Å². The number of carbonyl (C=O) groups is 1. The average molecular weight is 398 g/mol. The average Bonchev–Trinajstić information content (AvgIpc) is 3.49. The van der Waals surface area contributed by atoms with Crippen LogP contribution < -0.4 is 5.32 Å². The van der Waals surface area contributed by atoms with Crippen LogP contribution in [0.25, 0.3) is 0 Å². The van der Waals surface area contributed by atoms with Crippen LogP contribution in [0.2, 0.25) is 10.0 Å². The molecule has 1 amide bonds. The second-order valence-electron chi connectivity index (χ2n) is 6.45. The van der Waals surface area contributed by atoms with Gasteiger partial charge in [0.2, 0.25) is 5.91 Å². The summed E-state index contributed by atoms with van der Waals surface area (Å²) < 4.78 is 2.24. The van der Waals surface area contributed by atoms with Gasteiger partial charge in [0, 0.05) is 18.2 Å². The highest BCUT2D eigenvalue weighted by atomic mass is 35.5. The lowest BCUT2D eigenvalue weighted by Crippen LogP contribution is -2.23. The van der Waals surface area contributed by atoms with Crippen molar-refractivity contribution in [1.29, 1.82) is 0 Å². The van der Waals surface area contributed by atoms with Crippen molar-refractivity contribution in [2.45, 2.75) is 55.0 Å². The fourth-order valence-electron chi connectivity index (χ4n) is 2.60. The van der Waals surface area contributed by atoms with E-state index in [1.54, 1.807) is 6.07 Å². The van der Waals surface area contributed by atoms with Gasteiger partial charge in [-0.2, -0.15) is 0 Å². The number of hydrogen-bond donors (Lipinski definition) is 1. The first kappa shape index (κ1) is 17.1. The molecule has 2 aromatic rings. The number of rotatable bonds is 6. The number of anilines is 1. The number of halogens is 2. The Morgan fingerprint density at radius 2 is 2.08 bits per heavy atom. The van der Waals surface area contributed by atoms with Gasteiger partial charge in [-0.15, -0.1) is 10.2 Å². The molecular weight excluding hydrogens is 381 g/mol. The van der Waals surface area contributed by atoms with Crippen molar-refractivity contribution in [1.82, 2.24) is 19.7 Å². The fourth-order valence-corrected chi connectivity index (χ4v) is 3.95. The minimum absolute atomic E-state index is 0.181. The van der Waals surface area contributed by atoms with E-state index >= 15 is 0 Å². The molecule has 2 aliphatic rings. The molecule has 9 heteroatoms. The van der Waals surface area contributed by atoms with Gasteiger partial charge in [-0.3, -0.25) is 4.79 Å². The number of nitrogens with zero attached hydrogens (tertiary/aromatic N) is 4. The normalized spacial score (nSPS) is 18.2. The van der Waals surface area contributed by atoms with Crippen molar-refractivity contribution < 1.29 is 4.79 Å². The predicted octanol–water partition coefficient (Wildman–Crippen LogP) is 4.31. The quantitative estimate of drug-likeness (QED) is 0.734. The molecular formula is C16H17Cl2N5OS. The monoisotopic (exact) mass is 397 g/mol. The summed E-state index contributed by atoms with van der Waals surface area (Å²) >= 11 is 13.3. The van der Waals surface area contributed by atoms with Gasteiger partial charge in [0.25, 0.3) is 0 Å². The van der Waals surface area contributed by atoms with E-state index in [0.717, 1.165) is 23.8 Å². The maximum absolute atomic E-state index is 12.5. The lowest BCUT2D eigenvalue weighted by atomic mass is 10.4. The summed E-state index contributed by atoms with van der Waals surface area (Å²) in [6.45, 7) is 1.84. The Balaban J connectivity index is 1.46.